The van der Waals surface area contributed by atoms with E-state index >= 15 is 0 Å². The zero-order chi connectivity index (χ0) is 13.7. The molecular weight excluding hydrogens is 230 g/mol. The Morgan fingerprint density at radius 1 is 1.39 bits per heavy atom. The maximum absolute atomic E-state index is 10.7. The Balaban J connectivity index is 2.59. The Morgan fingerprint density at radius 2 is 2.06 bits per heavy atom. The smallest absolute Gasteiger partial charge is 0.306 e. The highest BCUT2D eigenvalue weighted by atomic mass is 16.4. The van der Waals surface area contributed by atoms with Gasteiger partial charge in [0.25, 0.3) is 0 Å². The van der Waals surface area contributed by atoms with Crippen molar-refractivity contribution in [1.29, 1.82) is 0 Å². The molecule has 0 radical (unpaired) electrons. The van der Waals surface area contributed by atoms with Gasteiger partial charge in [-0.05, 0) is 13.3 Å². The fourth-order valence-electron chi connectivity index (χ4n) is 1.48. The molecular formula is C13H21N3O2. The predicted octanol–water partition coefficient (Wildman–Crippen LogP) is 2.43. The highest BCUT2D eigenvalue weighted by Gasteiger charge is 2.10. The summed E-state index contributed by atoms with van der Waals surface area (Å²) in [5.41, 5.74) is 0.919. The molecule has 100 valence electrons. The van der Waals surface area contributed by atoms with Gasteiger partial charge >= 0.3 is 5.97 Å². The molecule has 1 aromatic heterocycles. The van der Waals surface area contributed by atoms with E-state index in [1.54, 1.807) is 6.92 Å². The van der Waals surface area contributed by atoms with Crippen LogP contribution in [0.2, 0.25) is 0 Å². The maximum Gasteiger partial charge on any atom is 0.306 e. The van der Waals surface area contributed by atoms with E-state index in [0.717, 1.165) is 17.3 Å². The number of aliphatic carboxylic acids is 1. The second-order valence-corrected chi connectivity index (χ2v) is 4.86. The lowest BCUT2D eigenvalue weighted by Gasteiger charge is -2.11. The molecule has 18 heavy (non-hydrogen) atoms. The first-order chi connectivity index (χ1) is 8.40. The van der Waals surface area contributed by atoms with Gasteiger partial charge in [0.2, 0.25) is 0 Å². The van der Waals surface area contributed by atoms with E-state index in [1.807, 2.05) is 26.8 Å². The summed E-state index contributed by atoms with van der Waals surface area (Å²) < 4.78 is 0. The van der Waals surface area contributed by atoms with Crippen molar-refractivity contribution in [2.24, 2.45) is 5.92 Å². The molecule has 1 aromatic rings. The van der Waals surface area contributed by atoms with Gasteiger partial charge in [-0.25, -0.2) is 9.97 Å². The molecule has 1 heterocycles. The van der Waals surface area contributed by atoms with Crippen LogP contribution >= 0.6 is 0 Å². The summed E-state index contributed by atoms with van der Waals surface area (Å²) in [7, 11) is 0. The average molecular weight is 251 g/mol. The van der Waals surface area contributed by atoms with Gasteiger partial charge in [-0.15, -0.1) is 0 Å². The van der Waals surface area contributed by atoms with Crippen molar-refractivity contribution in [2.45, 2.75) is 40.0 Å². The van der Waals surface area contributed by atoms with E-state index in [-0.39, 0.29) is 11.8 Å². The molecule has 0 amide bonds. The number of rotatable bonds is 6. The third-order valence-corrected chi connectivity index (χ3v) is 2.69. The normalized spacial score (nSPS) is 12.5. The molecule has 5 nitrogen and oxygen atoms in total. The Bertz CT molecular complexity index is 419. The number of carboxylic acids is 1. The van der Waals surface area contributed by atoms with Gasteiger partial charge in [0, 0.05) is 24.2 Å². The SMILES string of the molecule is Cc1cc(NCCC(C)C(=O)O)nc(C(C)C)n1. The second-order valence-electron chi connectivity index (χ2n) is 4.86. The molecule has 0 aliphatic rings. The lowest BCUT2D eigenvalue weighted by Crippen LogP contribution is -2.15. The zero-order valence-corrected chi connectivity index (χ0v) is 11.4. The third-order valence-electron chi connectivity index (χ3n) is 2.69. The Hall–Kier alpha value is -1.65. The summed E-state index contributed by atoms with van der Waals surface area (Å²) >= 11 is 0. The number of nitrogens with zero attached hydrogens (tertiary/aromatic N) is 2. The minimum absolute atomic E-state index is 0.281. The van der Waals surface area contributed by atoms with Crippen LogP contribution in [0.1, 0.15) is 44.6 Å². The second kappa shape index (κ2) is 6.33. The van der Waals surface area contributed by atoms with E-state index in [1.165, 1.54) is 0 Å². The first-order valence-corrected chi connectivity index (χ1v) is 6.22. The van der Waals surface area contributed by atoms with Crippen molar-refractivity contribution < 1.29 is 9.90 Å². The molecule has 2 N–H and O–H groups in total. The largest absolute Gasteiger partial charge is 0.481 e. The molecule has 0 saturated heterocycles. The quantitative estimate of drug-likeness (QED) is 0.812. The molecule has 5 heteroatoms. The monoisotopic (exact) mass is 251 g/mol. The fraction of sp³-hybridized carbons (Fsp3) is 0.615. The number of hydrogen-bond donors (Lipinski definition) is 2. The van der Waals surface area contributed by atoms with Gasteiger partial charge in [0.1, 0.15) is 11.6 Å². The molecule has 0 fully saturated rings. The Morgan fingerprint density at radius 3 is 2.61 bits per heavy atom. The summed E-state index contributed by atoms with van der Waals surface area (Å²) in [4.78, 5) is 19.5. The van der Waals surface area contributed by atoms with Crippen LogP contribution in [0.4, 0.5) is 5.82 Å². The highest BCUT2D eigenvalue weighted by Crippen LogP contribution is 2.14. The number of aryl methyl sites for hydroxylation is 1. The van der Waals surface area contributed by atoms with Crippen molar-refractivity contribution >= 4 is 11.8 Å². The van der Waals surface area contributed by atoms with Gasteiger partial charge in [-0.2, -0.15) is 0 Å². The van der Waals surface area contributed by atoms with Crippen molar-refractivity contribution in [3.05, 3.63) is 17.6 Å². The topological polar surface area (TPSA) is 75.1 Å². The summed E-state index contributed by atoms with van der Waals surface area (Å²) in [5, 5.41) is 11.9. The number of carboxylic acid groups (broad SMARTS) is 1. The minimum atomic E-state index is -0.765. The van der Waals surface area contributed by atoms with Crippen LogP contribution in [-0.4, -0.2) is 27.6 Å². The molecule has 0 aromatic carbocycles. The first-order valence-electron chi connectivity index (χ1n) is 6.22. The highest BCUT2D eigenvalue weighted by molar-refractivity contribution is 5.69. The van der Waals surface area contributed by atoms with E-state index in [4.69, 9.17) is 5.11 Å². The van der Waals surface area contributed by atoms with Gasteiger partial charge < -0.3 is 10.4 Å². The van der Waals surface area contributed by atoms with Crippen molar-refractivity contribution in [3.8, 4) is 0 Å². The number of aromatic nitrogens is 2. The number of hydrogen-bond acceptors (Lipinski definition) is 4. The summed E-state index contributed by atoms with van der Waals surface area (Å²) in [6, 6.07) is 1.87. The lowest BCUT2D eigenvalue weighted by atomic mass is 10.1. The van der Waals surface area contributed by atoms with Crippen LogP contribution in [0.25, 0.3) is 0 Å². The van der Waals surface area contributed by atoms with E-state index < -0.39 is 5.97 Å². The number of carbonyl (C=O) groups is 1. The summed E-state index contributed by atoms with van der Waals surface area (Å²) in [6.45, 7) is 8.32. The van der Waals surface area contributed by atoms with Gasteiger partial charge in [0.15, 0.2) is 0 Å². The molecule has 1 unspecified atom stereocenters. The van der Waals surface area contributed by atoms with Crippen molar-refractivity contribution in [1.82, 2.24) is 9.97 Å². The average Bonchev–Trinajstić information content (AvgIpc) is 2.27. The minimum Gasteiger partial charge on any atom is -0.481 e. The van der Waals surface area contributed by atoms with Crippen LogP contribution < -0.4 is 5.32 Å². The van der Waals surface area contributed by atoms with Gasteiger partial charge in [-0.1, -0.05) is 20.8 Å². The molecule has 1 rings (SSSR count). The van der Waals surface area contributed by atoms with E-state index in [9.17, 15) is 4.79 Å². The Kier molecular flexibility index (Phi) is 5.07. The molecule has 0 spiro atoms. The third kappa shape index (κ3) is 4.31. The number of anilines is 1. The summed E-state index contributed by atoms with van der Waals surface area (Å²) in [6.07, 6.45) is 0.579. The first kappa shape index (κ1) is 14.4. The van der Waals surface area contributed by atoms with Crippen molar-refractivity contribution in [2.75, 3.05) is 11.9 Å². The molecule has 0 aliphatic carbocycles. The summed E-state index contributed by atoms with van der Waals surface area (Å²) in [5.74, 6) is 0.750. The van der Waals surface area contributed by atoms with Crippen molar-refractivity contribution in [3.63, 3.8) is 0 Å². The van der Waals surface area contributed by atoms with E-state index in [2.05, 4.69) is 15.3 Å². The van der Waals surface area contributed by atoms with E-state index in [0.29, 0.717) is 13.0 Å². The van der Waals surface area contributed by atoms with Crippen LogP contribution in [0.5, 0.6) is 0 Å². The predicted molar refractivity (Wildman–Crippen MR) is 70.8 cm³/mol. The molecule has 0 aliphatic heterocycles. The number of nitrogens with one attached hydrogen (secondary N) is 1. The van der Waals surface area contributed by atoms with Crippen LogP contribution in [0, 0.1) is 12.8 Å². The fourth-order valence-corrected chi connectivity index (χ4v) is 1.48. The molecule has 0 saturated carbocycles. The molecule has 1 atom stereocenters. The molecule has 0 bridgehead atoms. The van der Waals surface area contributed by atoms with Crippen LogP contribution in [0.15, 0.2) is 6.07 Å². The van der Waals surface area contributed by atoms with Crippen LogP contribution in [0.3, 0.4) is 0 Å². The van der Waals surface area contributed by atoms with Gasteiger partial charge in [0.05, 0.1) is 5.92 Å². The lowest BCUT2D eigenvalue weighted by molar-refractivity contribution is -0.141. The van der Waals surface area contributed by atoms with Gasteiger partial charge in [-0.3, -0.25) is 4.79 Å². The Labute approximate surface area is 108 Å². The maximum atomic E-state index is 10.7. The zero-order valence-electron chi connectivity index (χ0n) is 11.4. The van der Waals surface area contributed by atoms with Crippen LogP contribution in [-0.2, 0) is 4.79 Å². The standard InChI is InChI=1S/C13H21N3O2/c1-8(2)12-15-10(4)7-11(16-12)14-6-5-9(3)13(17)18/h7-9H,5-6H2,1-4H3,(H,17,18)(H,14,15,16).